The van der Waals surface area contributed by atoms with Gasteiger partial charge in [0.1, 0.15) is 5.75 Å². The highest BCUT2D eigenvalue weighted by molar-refractivity contribution is 5.88. The molecule has 0 radical (unpaired) electrons. The van der Waals surface area contributed by atoms with Crippen molar-refractivity contribution in [3.63, 3.8) is 0 Å². The second-order valence-electron chi connectivity index (χ2n) is 3.80. The fraction of sp³-hybridized carbons (Fsp3) is 0.133. The van der Waals surface area contributed by atoms with Crippen LogP contribution in [-0.4, -0.2) is 12.3 Å². The summed E-state index contributed by atoms with van der Waals surface area (Å²) in [5.74, 6) is 0.195. The van der Waals surface area contributed by atoms with Crippen LogP contribution in [0.4, 0.5) is 0 Å². The minimum Gasteiger partial charge on any atom is -0.454 e. The van der Waals surface area contributed by atoms with Crippen LogP contribution in [0.3, 0.4) is 0 Å². The molecule has 0 bridgehead atoms. The summed E-state index contributed by atoms with van der Waals surface area (Å²) in [5, 5.41) is 2.07. The van der Waals surface area contributed by atoms with Crippen LogP contribution in [0.15, 0.2) is 55.1 Å². The smallest absolute Gasteiger partial charge is 0.333 e. The van der Waals surface area contributed by atoms with Crippen molar-refractivity contribution in [2.24, 2.45) is 0 Å². The first-order valence-corrected chi connectivity index (χ1v) is 5.68. The molecule has 0 heterocycles. The predicted octanol–water partition coefficient (Wildman–Crippen LogP) is 3.29. The zero-order chi connectivity index (χ0) is 13.0. The van der Waals surface area contributed by atoms with Gasteiger partial charge in [-0.1, -0.05) is 43.0 Å². The largest absolute Gasteiger partial charge is 0.454 e. The normalized spacial score (nSPS) is 11.8. The van der Waals surface area contributed by atoms with Gasteiger partial charge in [0.2, 0.25) is 6.29 Å². The molecule has 3 nitrogen and oxygen atoms in total. The van der Waals surface area contributed by atoms with Gasteiger partial charge in [-0.15, -0.1) is 0 Å². The standard InChI is InChI=1S/C15H14O3/c1-3-15(16)18-11(2)17-14-10-6-8-12-7-4-5-9-13(12)14/h3-11H,1H2,2H3. The lowest BCUT2D eigenvalue weighted by molar-refractivity contribution is -0.154. The molecule has 0 fully saturated rings. The van der Waals surface area contributed by atoms with Crippen molar-refractivity contribution in [1.82, 2.24) is 0 Å². The molecular formula is C15H14O3. The van der Waals surface area contributed by atoms with E-state index in [2.05, 4.69) is 6.58 Å². The first-order valence-electron chi connectivity index (χ1n) is 5.68. The summed E-state index contributed by atoms with van der Waals surface area (Å²) in [7, 11) is 0. The minimum atomic E-state index is -0.652. The van der Waals surface area contributed by atoms with E-state index in [1.807, 2.05) is 42.5 Å². The lowest BCUT2D eigenvalue weighted by atomic mass is 10.1. The number of fused-ring (bicyclic) bond motifs is 1. The van der Waals surface area contributed by atoms with Gasteiger partial charge in [-0.3, -0.25) is 0 Å². The van der Waals surface area contributed by atoms with Crippen molar-refractivity contribution < 1.29 is 14.3 Å². The Hall–Kier alpha value is -2.29. The molecular weight excluding hydrogens is 228 g/mol. The zero-order valence-corrected chi connectivity index (χ0v) is 10.1. The Bertz CT molecular complexity index is 569. The van der Waals surface area contributed by atoms with Gasteiger partial charge in [0.05, 0.1) is 0 Å². The Labute approximate surface area is 106 Å². The van der Waals surface area contributed by atoms with E-state index < -0.39 is 12.3 Å². The van der Waals surface area contributed by atoms with Gasteiger partial charge in [0.15, 0.2) is 0 Å². The molecule has 1 atom stereocenters. The molecule has 2 aromatic rings. The van der Waals surface area contributed by atoms with Crippen LogP contribution < -0.4 is 4.74 Å². The van der Waals surface area contributed by atoms with Crippen LogP contribution in [0.5, 0.6) is 5.75 Å². The van der Waals surface area contributed by atoms with E-state index in [-0.39, 0.29) is 0 Å². The molecule has 0 spiro atoms. The maximum Gasteiger partial charge on any atom is 0.333 e. The maximum absolute atomic E-state index is 11.1. The van der Waals surface area contributed by atoms with E-state index in [0.717, 1.165) is 16.8 Å². The van der Waals surface area contributed by atoms with E-state index in [4.69, 9.17) is 9.47 Å². The second kappa shape index (κ2) is 5.36. The summed E-state index contributed by atoms with van der Waals surface area (Å²) in [6.07, 6.45) is 0.462. The Balaban J connectivity index is 2.21. The first-order chi connectivity index (χ1) is 8.70. The molecule has 0 aliphatic rings. The van der Waals surface area contributed by atoms with E-state index in [1.54, 1.807) is 6.92 Å². The monoisotopic (exact) mass is 242 g/mol. The number of rotatable bonds is 4. The second-order valence-corrected chi connectivity index (χ2v) is 3.80. The molecule has 2 rings (SSSR count). The third kappa shape index (κ3) is 2.69. The molecule has 3 heteroatoms. The van der Waals surface area contributed by atoms with E-state index in [1.165, 1.54) is 0 Å². The average molecular weight is 242 g/mol. The van der Waals surface area contributed by atoms with Crippen LogP contribution in [0, 0.1) is 0 Å². The van der Waals surface area contributed by atoms with Crippen molar-refractivity contribution in [3.05, 3.63) is 55.1 Å². The fourth-order valence-electron chi connectivity index (χ4n) is 1.71. The molecule has 0 saturated carbocycles. The lowest BCUT2D eigenvalue weighted by Gasteiger charge is -2.15. The molecule has 0 saturated heterocycles. The molecule has 2 aromatic carbocycles. The zero-order valence-electron chi connectivity index (χ0n) is 10.1. The van der Waals surface area contributed by atoms with Crippen molar-refractivity contribution in [2.75, 3.05) is 0 Å². The summed E-state index contributed by atoms with van der Waals surface area (Å²) < 4.78 is 10.6. The predicted molar refractivity (Wildman–Crippen MR) is 70.3 cm³/mol. The first kappa shape index (κ1) is 12.2. The quantitative estimate of drug-likeness (QED) is 0.469. The van der Waals surface area contributed by atoms with Crippen LogP contribution in [-0.2, 0) is 9.53 Å². The highest BCUT2D eigenvalue weighted by Crippen LogP contribution is 2.26. The SMILES string of the molecule is C=CC(=O)OC(C)Oc1cccc2ccccc12. The van der Waals surface area contributed by atoms with Gasteiger partial charge in [0.25, 0.3) is 0 Å². The number of carbonyl (C=O) groups is 1. The van der Waals surface area contributed by atoms with E-state index in [0.29, 0.717) is 5.75 Å². The van der Waals surface area contributed by atoms with Gasteiger partial charge < -0.3 is 9.47 Å². The number of carbonyl (C=O) groups excluding carboxylic acids is 1. The summed E-state index contributed by atoms with van der Waals surface area (Å²) >= 11 is 0. The average Bonchev–Trinajstić information content (AvgIpc) is 2.39. The highest BCUT2D eigenvalue weighted by Gasteiger charge is 2.09. The summed E-state index contributed by atoms with van der Waals surface area (Å²) in [5.41, 5.74) is 0. The van der Waals surface area contributed by atoms with Gasteiger partial charge >= 0.3 is 5.97 Å². The molecule has 0 aromatic heterocycles. The van der Waals surface area contributed by atoms with E-state index in [9.17, 15) is 4.79 Å². The topological polar surface area (TPSA) is 35.5 Å². The van der Waals surface area contributed by atoms with Gasteiger partial charge in [-0.25, -0.2) is 4.79 Å². The van der Waals surface area contributed by atoms with Gasteiger partial charge in [-0.2, -0.15) is 0 Å². The summed E-state index contributed by atoms with van der Waals surface area (Å²) in [6, 6.07) is 13.6. The van der Waals surface area contributed by atoms with Crippen LogP contribution in [0.1, 0.15) is 6.92 Å². The van der Waals surface area contributed by atoms with Gasteiger partial charge in [-0.05, 0) is 11.5 Å². The Morgan fingerprint density at radius 1 is 1.22 bits per heavy atom. The van der Waals surface area contributed by atoms with Crippen molar-refractivity contribution in [3.8, 4) is 5.75 Å². The summed E-state index contributed by atoms with van der Waals surface area (Å²) in [4.78, 5) is 11.1. The Morgan fingerprint density at radius 2 is 1.94 bits per heavy atom. The molecule has 18 heavy (non-hydrogen) atoms. The van der Waals surface area contributed by atoms with Crippen molar-refractivity contribution in [1.29, 1.82) is 0 Å². The molecule has 1 unspecified atom stereocenters. The Morgan fingerprint density at radius 3 is 2.72 bits per heavy atom. The number of benzene rings is 2. The highest BCUT2D eigenvalue weighted by atomic mass is 16.7. The number of ether oxygens (including phenoxy) is 2. The van der Waals surface area contributed by atoms with Crippen LogP contribution >= 0.6 is 0 Å². The van der Waals surface area contributed by atoms with Crippen LogP contribution in [0.25, 0.3) is 10.8 Å². The molecule has 0 N–H and O–H groups in total. The van der Waals surface area contributed by atoms with Crippen molar-refractivity contribution in [2.45, 2.75) is 13.2 Å². The fourth-order valence-corrected chi connectivity index (χ4v) is 1.71. The van der Waals surface area contributed by atoms with Crippen molar-refractivity contribution >= 4 is 16.7 Å². The molecule has 0 aliphatic heterocycles. The lowest BCUT2D eigenvalue weighted by Crippen LogP contribution is -2.19. The Kier molecular flexibility index (Phi) is 3.63. The minimum absolute atomic E-state index is 0.497. The van der Waals surface area contributed by atoms with E-state index >= 15 is 0 Å². The molecule has 92 valence electrons. The number of hydrogen-bond donors (Lipinski definition) is 0. The van der Waals surface area contributed by atoms with Crippen LogP contribution in [0.2, 0.25) is 0 Å². The third-order valence-electron chi connectivity index (χ3n) is 2.49. The van der Waals surface area contributed by atoms with Gasteiger partial charge in [0, 0.05) is 18.4 Å². The maximum atomic E-state index is 11.1. The molecule has 0 amide bonds. The number of hydrogen-bond acceptors (Lipinski definition) is 3. The molecule has 0 aliphatic carbocycles. The third-order valence-corrected chi connectivity index (χ3v) is 2.49. The number of esters is 1. The summed E-state index contributed by atoms with van der Waals surface area (Å²) in [6.45, 7) is 5.01.